The van der Waals surface area contributed by atoms with Gasteiger partial charge in [-0.25, -0.2) is 4.98 Å². The Hall–Kier alpha value is -3.45. The van der Waals surface area contributed by atoms with Crippen LogP contribution in [0.5, 0.6) is 0 Å². The molecule has 2 aromatic heterocycles. The molecule has 1 fully saturated rings. The van der Waals surface area contributed by atoms with Gasteiger partial charge in [0, 0.05) is 18.8 Å². The van der Waals surface area contributed by atoms with Crippen LogP contribution in [0, 0.1) is 0 Å². The molecule has 4 aromatic rings. The molecule has 30 heavy (non-hydrogen) atoms. The van der Waals surface area contributed by atoms with Crippen molar-refractivity contribution < 1.29 is 5.11 Å². The number of fused-ring (bicyclic) bond motifs is 1. The smallest absolute Gasteiger partial charge is 0.229 e. The maximum absolute atomic E-state index is 9.79. The molecule has 7 nitrogen and oxygen atoms in total. The Bertz CT molecular complexity index is 1130. The van der Waals surface area contributed by atoms with Gasteiger partial charge in [0.2, 0.25) is 5.95 Å². The molecular weight excluding hydrogens is 376 g/mol. The lowest BCUT2D eigenvalue weighted by molar-refractivity contribution is 0.265. The van der Waals surface area contributed by atoms with Crippen LogP contribution in [0.1, 0.15) is 18.4 Å². The van der Waals surface area contributed by atoms with Gasteiger partial charge in [0.15, 0.2) is 17.0 Å². The second-order valence-corrected chi connectivity index (χ2v) is 7.51. The zero-order chi connectivity index (χ0) is 20.3. The van der Waals surface area contributed by atoms with Gasteiger partial charge >= 0.3 is 0 Å². The second-order valence-electron chi connectivity index (χ2n) is 7.51. The molecule has 0 bridgehead atoms. The van der Waals surface area contributed by atoms with Crippen LogP contribution in [0.2, 0.25) is 0 Å². The minimum Gasteiger partial charge on any atom is -0.394 e. The van der Waals surface area contributed by atoms with Crippen LogP contribution in [-0.2, 0) is 6.54 Å². The number of rotatable bonds is 6. The predicted molar refractivity (Wildman–Crippen MR) is 118 cm³/mol. The molecule has 0 aliphatic carbocycles. The molecule has 1 atom stereocenters. The first-order valence-corrected chi connectivity index (χ1v) is 10.3. The van der Waals surface area contributed by atoms with E-state index in [-0.39, 0.29) is 12.6 Å². The van der Waals surface area contributed by atoms with Gasteiger partial charge in [-0.2, -0.15) is 9.97 Å². The minimum absolute atomic E-state index is 0.0533. The van der Waals surface area contributed by atoms with Crippen LogP contribution in [0.3, 0.4) is 0 Å². The molecule has 1 aliphatic rings. The third kappa shape index (κ3) is 3.48. The summed E-state index contributed by atoms with van der Waals surface area (Å²) in [6.07, 6.45) is 3.76. The van der Waals surface area contributed by atoms with Gasteiger partial charge in [0.1, 0.15) is 6.33 Å². The number of benzene rings is 2. The van der Waals surface area contributed by atoms with Crippen molar-refractivity contribution in [2.24, 2.45) is 0 Å². The number of nitrogens with zero attached hydrogens (tertiary/aromatic N) is 5. The van der Waals surface area contributed by atoms with E-state index in [1.807, 2.05) is 53.1 Å². The van der Waals surface area contributed by atoms with Crippen molar-refractivity contribution in [3.8, 4) is 5.69 Å². The SMILES string of the molecule is OCC1CCCN1c1nc(NCc2ccccc2)c2ncn(-c3ccccc3)c2n1. The van der Waals surface area contributed by atoms with Crippen LogP contribution in [0.15, 0.2) is 67.0 Å². The monoisotopic (exact) mass is 400 g/mol. The summed E-state index contributed by atoms with van der Waals surface area (Å²) in [5.74, 6) is 1.34. The molecule has 5 rings (SSSR count). The van der Waals surface area contributed by atoms with Gasteiger partial charge in [-0.15, -0.1) is 0 Å². The number of nitrogens with one attached hydrogen (secondary N) is 1. The van der Waals surface area contributed by atoms with Crippen molar-refractivity contribution in [3.63, 3.8) is 0 Å². The van der Waals surface area contributed by atoms with Crippen LogP contribution < -0.4 is 10.2 Å². The first-order valence-electron chi connectivity index (χ1n) is 10.3. The van der Waals surface area contributed by atoms with Crippen molar-refractivity contribution >= 4 is 22.9 Å². The van der Waals surface area contributed by atoms with Crippen LogP contribution in [0.4, 0.5) is 11.8 Å². The number of hydrogen-bond donors (Lipinski definition) is 2. The minimum atomic E-state index is 0.0533. The highest BCUT2D eigenvalue weighted by atomic mass is 16.3. The molecule has 1 saturated heterocycles. The standard InChI is InChI=1S/C23H24N6O/c30-15-19-12-7-13-28(19)23-26-21(24-14-17-8-3-1-4-9-17)20-22(27-23)29(16-25-20)18-10-5-2-6-11-18/h1-6,8-11,16,19,30H,7,12-15H2,(H,24,26,27). The topological polar surface area (TPSA) is 79.1 Å². The molecule has 0 radical (unpaired) electrons. The van der Waals surface area contributed by atoms with Gasteiger partial charge in [0.25, 0.3) is 0 Å². The summed E-state index contributed by atoms with van der Waals surface area (Å²) in [7, 11) is 0. The zero-order valence-electron chi connectivity index (χ0n) is 16.6. The third-order valence-electron chi connectivity index (χ3n) is 5.57. The lowest BCUT2D eigenvalue weighted by Gasteiger charge is -2.23. The quantitative estimate of drug-likeness (QED) is 0.517. The molecule has 2 N–H and O–H groups in total. The fraction of sp³-hybridized carbons (Fsp3) is 0.261. The van der Waals surface area contributed by atoms with Crippen LogP contribution >= 0.6 is 0 Å². The van der Waals surface area contributed by atoms with Gasteiger partial charge in [-0.05, 0) is 30.5 Å². The molecule has 7 heteroatoms. The van der Waals surface area contributed by atoms with E-state index in [4.69, 9.17) is 9.97 Å². The van der Waals surface area contributed by atoms with Crippen LogP contribution in [-0.4, -0.2) is 43.8 Å². The summed E-state index contributed by atoms with van der Waals surface area (Å²) < 4.78 is 1.98. The first kappa shape index (κ1) is 18.6. The van der Waals surface area contributed by atoms with E-state index in [1.165, 1.54) is 5.56 Å². The highest BCUT2D eigenvalue weighted by Crippen LogP contribution is 2.29. The van der Waals surface area contributed by atoms with Gasteiger partial charge in [0.05, 0.1) is 12.6 Å². The maximum Gasteiger partial charge on any atom is 0.229 e. The Morgan fingerprint density at radius 1 is 1.00 bits per heavy atom. The lowest BCUT2D eigenvalue weighted by atomic mass is 10.2. The van der Waals surface area contributed by atoms with Crippen molar-refractivity contribution in [2.75, 3.05) is 23.4 Å². The Labute approximate surface area is 175 Å². The first-order chi connectivity index (χ1) is 14.8. The molecule has 1 unspecified atom stereocenters. The Morgan fingerprint density at radius 3 is 2.53 bits per heavy atom. The highest BCUT2D eigenvalue weighted by Gasteiger charge is 2.27. The molecule has 0 amide bonds. The number of aliphatic hydroxyl groups is 1. The lowest BCUT2D eigenvalue weighted by Crippen LogP contribution is -2.33. The van der Waals surface area contributed by atoms with E-state index in [0.29, 0.717) is 18.3 Å². The van der Waals surface area contributed by atoms with E-state index >= 15 is 0 Å². The summed E-state index contributed by atoms with van der Waals surface area (Å²) in [5.41, 5.74) is 3.66. The van der Waals surface area contributed by atoms with Gasteiger partial charge < -0.3 is 15.3 Å². The average molecular weight is 400 g/mol. The molecule has 0 saturated carbocycles. The number of para-hydroxylation sites is 1. The largest absolute Gasteiger partial charge is 0.394 e. The van der Waals surface area contributed by atoms with E-state index < -0.39 is 0 Å². The number of aromatic nitrogens is 4. The fourth-order valence-electron chi connectivity index (χ4n) is 3.99. The summed E-state index contributed by atoms with van der Waals surface area (Å²) in [6.45, 7) is 1.59. The van der Waals surface area contributed by atoms with Gasteiger partial charge in [-0.3, -0.25) is 4.57 Å². The summed E-state index contributed by atoms with van der Waals surface area (Å²) in [6, 6.07) is 20.3. The number of anilines is 2. The Balaban J connectivity index is 1.59. The predicted octanol–water partition coefficient (Wildman–Crippen LogP) is 3.39. The number of imidazole rings is 1. The Kier molecular flexibility index (Phi) is 5.03. The van der Waals surface area contributed by atoms with E-state index in [9.17, 15) is 5.11 Å². The molecule has 1 aliphatic heterocycles. The molecule has 0 spiro atoms. The second kappa shape index (κ2) is 8.12. The molecule has 3 heterocycles. The number of aliphatic hydroxyl groups excluding tert-OH is 1. The molecule has 2 aromatic carbocycles. The van der Waals surface area contributed by atoms with E-state index in [0.717, 1.165) is 36.2 Å². The van der Waals surface area contributed by atoms with Gasteiger partial charge in [-0.1, -0.05) is 48.5 Å². The normalized spacial score (nSPS) is 16.3. The van der Waals surface area contributed by atoms with E-state index in [2.05, 4.69) is 27.3 Å². The van der Waals surface area contributed by atoms with Crippen molar-refractivity contribution in [2.45, 2.75) is 25.4 Å². The molecule has 152 valence electrons. The summed E-state index contributed by atoms with van der Waals surface area (Å²) in [4.78, 5) is 16.4. The zero-order valence-corrected chi connectivity index (χ0v) is 16.6. The molecular formula is C23H24N6O. The highest BCUT2D eigenvalue weighted by molar-refractivity contribution is 5.85. The van der Waals surface area contributed by atoms with Crippen molar-refractivity contribution in [3.05, 3.63) is 72.6 Å². The summed E-state index contributed by atoms with van der Waals surface area (Å²) >= 11 is 0. The Morgan fingerprint density at radius 2 is 1.77 bits per heavy atom. The average Bonchev–Trinajstić information content (AvgIpc) is 3.45. The van der Waals surface area contributed by atoms with Crippen LogP contribution in [0.25, 0.3) is 16.9 Å². The van der Waals surface area contributed by atoms with Crippen molar-refractivity contribution in [1.82, 2.24) is 19.5 Å². The van der Waals surface area contributed by atoms with Crippen molar-refractivity contribution in [1.29, 1.82) is 0 Å². The fourth-order valence-corrected chi connectivity index (χ4v) is 3.99. The number of hydrogen-bond acceptors (Lipinski definition) is 6. The maximum atomic E-state index is 9.79. The summed E-state index contributed by atoms with van der Waals surface area (Å²) in [5, 5.41) is 13.2. The third-order valence-corrected chi connectivity index (χ3v) is 5.57. The van der Waals surface area contributed by atoms with E-state index in [1.54, 1.807) is 6.33 Å².